The number of aromatic amines is 1. The molecule has 3 heterocycles. The maximum atomic E-state index is 12.1. The first-order valence-electron chi connectivity index (χ1n) is 7.51. The van der Waals surface area contributed by atoms with E-state index in [1.54, 1.807) is 0 Å². The van der Waals surface area contributed by atoms with Crippen molar-refractivity contribution in [3.05, 3.63) is 33.6 Å². The molecule has 0 atom stereocenters. The van der Waals surface area contributed by atoms with E-state index in [1.165, 1.54) is 17.8 Å². The van der Waals surface area contributed by atoms with Crippen LogP contribution in [0.3, 0.4) is 0 Å². The van der Waals surface area contributed by atoms with Gasteiger partial charge in [-0.15, -0.1) is 21.5 Å². The first-order chi connectivity index (χ1) is 10.7. The summed E-state index contributed by atoms with van der Waals surface area (Å²) in [6.45, 7) is 1.66. The van der Waals surface area contributed by atoms with Gasteiger partial charge in [0.2, 0.25) is 5.91 Å². The molecular weight excluding hydrogens is 300 g/mol. The predicted molar refractivity (Wildman–Crippen MR) is 84.7 cm³/mol. The summed E-state index contributed by atoms with van der Waals surface area (Å²) in [6.07, 6.45) is 3.99. The summed E-state index contributed by atoms with van der Waals surface area (Å²) in [4.78, 5) is 29.6. The zero-order chi connectivity index (χ0) is 15.4. The van der Waals surface area contributed by atoms with Crippen LogP contribution in [0.4, 0.5) is 0 Å². The molecule has 0 aliphatic carbocycles. The molecule has 2 aromatic rings. The molecule has 0 radical (unpaired) electrons. The minimum atomic E-state index is -0.259. The number of aromatic nitrogens is 3. The van der Waals surface area contributed by atoms with Gasteiger partial charge in [-0.05, 0) is 30.7 Å². The number of carbonyl (C=O) groups excluding carboxylic acids is 1. The number of thiophene rings is 1. The maximum absolute atomic E-state index is 12.1. The van der Waals surface area contributed by atoms with Crippen LogP contribution in [0.1, 0.15) is 31.4 Å². The van der Waals surface area contributed by atoms with Crippen molar-refractivity contribution < 1.29 is 4.79 Å². The van der Waals surface area contributed by atoms with E-state index >= 15 is 0 Å². The summed E-state index contributed by atoms with van der Waals surface area (Å²) >= 11 is 1.49. The second-order valence-corrected chi connectivity index (χ2v) is 6.32. The minimum Gasteiger partial charge on any atom is -0.343 e. The number of H-pyrrole nitrogens is 1. The lowest BCUT2D eigenvalue weighted by molar-refractivity contribution is -0.132. The number of hydrogen-bond acceptors (Lipinski definition) is 5. The second kappa shape index (κ2) is 6.83. The van der Waals surface area contributed by atoms with Gasteiger partial charge in [0.1, 0.15) is 5.69 Å². The molecule has 1 amide bonds. The largest absolute Gasteiger partial charge is 0.343 e. The highest BCUT2D eigenvalue weighted by Crippen LogP contribution is 2.18. The average molecular weight is 318 g/mol. The van der Waals surface area contributed by atoms with E-state index in [0.717, 1.165) is 30.8 Å². The molecule has 1 N–H and O–H groups in total. The van der Waals surface area contributed by atoms with Gasteiger partial charge in [0, 0.05) is 25.9 Å². The molecule has 2 aromatic heterocycles. The van der Waals surface area contributed by atoms with Crippen molar-refractivity contribution in [1.82, 2.24) is 20.1 Å². The van der Waals surface area contributed by atoms with Crippen molar-refractivity contribution in [3.8, 4) is 10.7 Å². The van der Waals surface area contributed by atoms with Crippen LogP contribution in [0.15, 0.2) is 22.3 Å². The lowest BCUT2D eigenvalue weighted by Gasteiger charge is -2.26. The highest BCUT2D eigenvalue weighted by Gasteiger charge is 2.17. The van der Waals surface area contributed by atoms with Crippen molar-refractivity contribution in [1.29, 1.82) is 0 Å². The van der Waals surface area contributed by atoms with E-state index in [4.69, 9.17) is 0 Å². The molecule has 0 spiro atoms. The summed E-state index contributed by atoms with van der Waals surface area (Å²) in [6, 6.07) is 3.77. The van der Waals surface area contributed by atoms with Crippen molar-refractivity contribution in [2.75, 3.05) is 13.1 Å². The fraction of sp³-hybridized carbons (Fsp3) is 0.467. The smallest absolute Gasteiger partial charge is 0.273 e. The standard InChI is InChI=1S/C15H18N4O2S/c20-13(19-8-2-1-3-9-19)7-6-11-15(21)16-14(18-17-11)12-5-4-10-22-12/h4-5,10H,1-3,6-9H2,(H,16,18,21). The number of nitrogens with one attached hydrogen (secondary N) is 1. The number of hydrogen-bond donors (Lipinski definition) is 1. The first-order valence-corrected chi connectivity index (χ1v) is 8.39. The summed E-state index contributed by atoms with van der Waals surface area (Å²) < 4.78 is 0. The van der Waals surface area contributed by atoms with Gasteiger partial charge < -0.3 is 9.88 Å². The van der Waals surface area contributed by atoms with Crippen LogP contribution >= 0.6 is 11.3 Å². The highest BCUT2D eigenvalue weighted by molar-refractivity contribution is 7.13. The Morgan fingerprint density at radius 3 is 2.77 bits per heavy atom. The van der Waals surface area contributed by atoms with Crippen LogP contribution in [0.25, 0.3) is 10.7 Å². The third-order valence-electron chi connectivity index (χ3n) is 3.80. The number of likely N-dealkylation sites (tertiary alicyclic amines) is 1. The molecule has 1 fully saturated rings. The number of nitrogens with zero attached hydrogens (tertiary/aromatic N) is 3. The van der Waals surface area contributed by atoms with Gasteiger partial charge in [0.15, 0.2) is 5.82 Å². The summed E-state index contributed by atoms with van der Waals surface area (Å²) in [5, 5.41) is 9.96. The van der Waals surface area contributed by atoms with Gasteiger partial charge in [0.05, 0.1) is 4.88 Å². The van der Waals surface area contributed by atoms with Crippen molar-refractivity contribution >= 4 is 17.2 Å². The highest BCUT2D eigenvalue weighted by atomic mass is 32.1. The van der Waals surface area contributed by atoms with Gasteiger partial charge in [-0.25, -0.2) is 0 Å². The summed E-state index contributed by atoms with van der Waals surface area (Å²) in [7, 11) is 0. The molecular formula is C15H18N4O2S. The Hall–Kier alpha value is -2.02. The SMILES string of the molecule is O=C(CCc1nnc(-c2cccs2)[nH]c1=O)N1CCCCC1. The minimum absolute atomic E-state index is 0.100. The number of aryl methyl sites for hydroxylation is 1. The Bertz CT molecular complexity index is 690. The van der Waals surface area contributed by atoms with Gasteiger partial charge in [-0.2, -0.15) is 0 Å². The van der Waals surface area contributed by atoms with E-state index in [9.17, 15) is 9.59 Å². The number of piperidine rings is 1. The van der Waals surface area contributed by atoms with E-state index in [0.29, 0.717) is 24.4 Å². The molecule has 0 bridgehead atoms. The molecule has 3 rings (SSSR count). The monoisotopic (exact) mass is 318 g/mol. The normalized spacial score (nSPS) is 15.0. The third kappa shape index (κ3) is 3.41. The fourth-order valence-electron chi connectivity index (χ4n) is 2.57. The molecule has 0 aromatic carbocycles. The quantitative estimate of drug-likeness (QED) is 0.933. The van der Waals surface area contributed by atoms with Crippen LogP contribution in [0.5, 0.6) is 0 Å². The lowest BCUT2D eigenvalue weighted by atomic mass is 10.1. The molecule has 1 aliphatic heterocycles. The first kappa shape index (κ1) is 14.9. The van der Waals surface area contributed by atoms with Gasteiger partial charge in [0.25, 0.3) is 5.56 Å². The predicted octanol–water partition coefficient (Wildman–Crippen LogP) is 1.84. The van der Waals surface area contributed by atoms with E-state index in [2.05, 4.69) is 15.2 Å². The number of rotatable bonds is 4. The zero-order valence-electron chi connectivity index (χ0n) is 12.2. The summed E-state index contributed by atoms with van der Waals surface area (Å²) in [5.74, 6) is 0.578. The molecule has 6 nitrogen and oxygen atoms in total. The fourth-order valence-corrected chi connectivity index (χ4v) is 3.24. The van der Waals surface area contributed by atoms with Crippen molar-refractivity contribution in [2.45, 2.75) is 32.1 Å². The molecule has 1 aliphatic rings. The summed E-state index contributed by atoms with van der Waals surface area (Å²) in [5.41, 5.74) is 0.0653. The lowest BCUT2D eigenvalue weighted by Crippen LogP contribution is -2.36. The third-order valence-corrected chi connectivity index (χ3v) is 4.68. The molecule has 0 saturated carbocycles. The molecule has 0 unspecified atom stereocenters. The molecule has 1 saturated heterocycles. The Morgan fingerprint density at radius 2 is 2.09 bits per heavy atom. The number of carbonyl (C=O) groups is 1. The Labute approximate surface area is 132 Å². The van der Waals surface area contributed by atoms with Crippen LogP contribution in [-0.4, -0.2) is 39.1 Å². The van der Waals surface area contributed by atoms with Crippen LogP contribution in [0, 0.1) is 0 Å². The molecule has 116 valence electrons. The van der Waals surface area contributed by atoms with Gasteiger partial charge in [-0.1, -0.05) is 6.07 Å². The van der Waals surface area contributed by atoms with E-state index in [1.807, 2.05) is 22.4 Å². The van der Waals surface area contributed by atoms with Gasteiger partial charge in [-0.3, -0.25) is 9.59 Å². The molecule has 7 heteroatoms. The zero-order valence-corrected chi connectivity index (χ0v) is 13.1. The van der Waals surface area contributed by atoms with Crippen molar-refractivity contribution in [3.63, 3.8) is 0 Å². The average Bonchev–Trinajstić information content (AvgIpc) is 3.08. The van der Waals surface area contributed by atoms with Crippen molar-refractivity contribution in [2.24, 2.45) is 0 Å². The topological polar surface area (TPSA) is 79.0 Å². The second-order valence-electron chi connectivity index (χ2n) is 5.37. The van der Waals surface area contributed by atoms with Crippen LogP contribution < -0.4 is 5.56 Å². The molecule has 22 heavy (non-hydrogen) atoms. The maximum Gasteiger partial charge on any atom is 0.273 e. The number of amides is 1. The van der Waals surface area contributed by atoms with Crippen LogP contribution in [-0.2, 0) is 11.2 Å². The Balaban J connectivity index is 1.63. The Morgan fingerprint density at radius 1 is 1.27 bits per heavy atom. The van der Waals surface area contributed by atoms with Gasteiger partial charge >= 0.3 is 0 Å². The van der Waals surface area contributed by atoms with Crippen LogP contribution in [0.2, 0.25) is 0 Å². The Kier molecular flexibility index (Phi) is 4.62. The van der Waals surface area contributed by atoms with E-state index in [-0.39, 0.29) is 11.5 Å². The van der Waals surface area contributed by atoms with E-state index < -0.39 is 0 Å².